The van der Waals surface area contributed by atoms with E-state index >= 15 is 0 Å². The number of rotatable bonds is 3. The van der Waals surface area contributed by atoms with Crippen molar-refractivity contribution in [2.45, 2.75) is 19.4 Å². The molecule has 2 aromatic carbocycles. The van der Waals surface area contributed by atoms with Gasteiger partial charge in [-0.15, -0.1) is 0 Å². The number of nitrogens with zero attached hydrogens (tertiary/aromatic N) is 1. The van der Waals surface area contributed by atoms with E-state index in [4.69, 9.17) is 4.74 Å². The quantitative estimate of drug-likeness (QED) is 0.898. The number of hydrogen-bond acceptors (Lipinski definition) is 3. The fourth-order valence-electron chi connectivity index (χ4n) is 2.88. The Morgan fingerprint density at radius 3 is 2.65 bits per heavy atom. The van der Waals surface area contributed by atoms with Crippen LogP contribution in [0.2, 0.25) is 0 Å². The number of ether oxygens (including phenoxy) is 1. The molecule has 0 saturated heterocycles. The molecule has 2 amide bonds. The third-order valence-corrected chi connectivity index (χ3v) is 4.30. The van der Waals surface area contributed by atoms with E-state index in [-0.39, 0.29) is 24.1 Å². The van der Waals surface area contributed by atoms with E-state index in [2.05, 4.69) is 5.32 Å². The predicted octanol–water partition coefficient (Wildman–Crippen LogP) is 4.20. The molecule has 134 valence electrons. The monoisotopic (exact) mass is 354 g/mol. The van der Waals surface area contributed by atoms with Crippen LogP contribution in [0.25, 0.3) is 0 Å². The summed E-state index contributed by atoms with van der Waals surface area (Å²) < 4.78 is 18.5. The van der Waals surface area contributed by atoms with Crippen molar-refractivity contribution in [2.75, 3.05) is 12.4 Å². The molecule has 5 nitrogen and oxygen atoms in total. The summed E-state index contributed by atoms with van der Waals surface area (Å²) >= 11 is 0. The second-order valence-corrected chi connectivity index (χ2v) is 6.08. The maximum absolute atomic E-state index is 13.2. The summed E-state index contributed by atoms with van der Waals surface area (Å²) in [6, 6.07) is 10.3. The molecular weight excluding hydrogens is 335 g/mol. The number of nitrogens with one attached hydrogen (secondary N) is 1. The predicted molar refractivity (Wildman–Crippen MR) is 96.5 cm³/mol. The van der Waals surface area contributed by atoms with Crippen molar-refractivity contribution in [1.29, 1.82) is 0 Å². The average Bonchev–Trinajstić information content (AvgIpc) is 2.63. The molecule has 0 fully saturated rings. The standard InChI is InChI=1S/C20H19FN2O3/c1-13-3-8-16(11-19(13)26-2)22-20(25)23-10-9-17(24)12-18(23)14-4-6-15(21)7-5-14/h3-11,18H,12H2,1-2H3,(H,22,25). The van der Waals surface area contributed by atoms with Crippen LogP contribution in [-0.2, 0) is 4.79 Å². The van der Waals surface area contributed by atoms with Gasteiger partial charge in [0.05, 0.1) is 13.2 Å². The van der Waals surface area contributed by atoms with Crippen molar-refractivity contribution in [3.05, 3.63) is 71.7 Å². The van der Waals surface area contributed by atoms with Crippen LogP contribution >= 0.6 is 0 Å². The lowest BCUT2D eigenvalue weighted by molar-refractivity contribution is -0.116. The zero-order valence-electron chi connectivity index (χ0n) is 14.5. The first kappa shape index (κ1) is 17.7. The smallest absolute Gasteiger partial charge is 0.326 e. The van der Waals surface area contributed by atoms with E-state index in [1.807, 2.05) is 13.0 Å². The molecular formula is C20H19FN2O3. The molecule has 1 atom stereocenters. The number of halogens is 1. The Balaban J connectivity index is 1.84. The van der Waals surface area contributed by atoms with Gasteiger partial charge in [-0.2, -0.15) is 0 Å². The molecule has 1 aliphatic heterocycles. The number of urea groups is 1. The second kappa shape index (κ2) is 7.39. The Morgan fingerprint density at radius 1 is 1.23 bits per heavy atom. The lowest BCUT2D eigenvalue weighted by atomic mass is 9.97. The number of hydrogen-bond donors (Lipinski definition) is 1. The van der Waals surface area contributed by atoms with E-state index in [0.717, 1.165) is 5.56 Å². The summed E-state index contributed by atoms with van der Waals surface area (Å²) in [5.74, 6) is 0.219. The largest absolute Gasteiger partial charge is 0.496 e. The summed E-state index contributed by atoms with van der Waals surface area (Å²) in [6.45, 7) is 1.91. The van der Waals surface area contributed by atoms with Gasteiger partial charge in [0.2, 0.25) is 0 Å². The molecule has 0 aliphatic carbocycles. The van der Waals surface area contributed by atoms with Gasteiger partial charge in [-0.3, -0.25) is 9.69 Å². The van der Waals surface area contributed by atoms with Crippen LogP contribution in [0.1, 0.15) is 23.6 Å². The molecule has 1 heterocycles. The Labute approximate surface area is 151 Å². The zero-order chi connectivity index (χ0) is 18.7. The van der Waals surface area contributed by atoms with E-state index in [9.17, 15) is 14.0 Å². The van der Waals surface area contributed by atoms with Gasteiger partial charge >= 0.3 is 6.03 Å². The Bertz CT molecular complexity index is 862. The highest BCUT2D eigenvalue weighted by molar-refractivity contribution is 5.96. The Morgan fingerprint density at radius 2 is 1.96 bits per heavy atom. The number of amides is 2. The van der Waals surface area contributed by atoms with Crippen molar-refractivity contribution in [1.82, 2.24) is 4.90 Å². The Kier molecular flexibility index (Phi) is 5.02. The number of ketones is 1. The van der Waals surface area contributed by atoms with Gasteiger partial charge in [0, 0.05) is 24.4 Å². The van der Waals surface area contributed by atoms with Gasteiger partial charge in [0.15, 0.2) is 5.78 Å². The Hall–Kier alpha value is -3.15. The summed E-state index contributed by atoms with van der Waals surface area (Å²) in [5.41, 5.74) is 2.24. The molecule has 0 radical (unpaired) electrons. The van der Waals surface area contributed by atoms with Crippen molar-refractivity contribution >= 4 is 17.5 Å². The van der Waals surface area contributed by atoms with Crippen LogP contribution < -0.4 is 10.1 Å². The van der Waals surface area contributed by atoms with Crippen LogP contribution in [0.5, 0.6) is 5.75 Å². The van der Waals surface area contributed by atoms with Crippen molar-refractivity contribution in [2.24, 2.45) is 0 Å². The van der Waals surface area contributed by atoms with E-state index in [1.54, 1.807) is 31.4 Å². The molecule has 1 N–H and O–H groups in total. The highest BCUT2D eigenvalue weighted by Crippen LogP contribution is 2.30. The summed E-state index contributed by atoms with van der Waals surface area (Å²) in [7, 11) is 1.57. The lowest BCUT2D eigenvalue weighted by Crippen LogP contribution is -2.37. The molecule has 0 saturated carbocycles. The third-order valence-electron chi connectivity index (χ3n) is 4.30. The number of aryl methyl sites for hydroxylation is 1. The SMILES string of the molecule is COc1cc(NC(=O)N2C=CC(=O)CC2c2ccc(F)cc2)ccc1C. The first-order chi connectivity index (χ1) is 12.5. The minimum Gasteiger partial charge on any atom is -0.496 e. The number of benzene rings is 2. The number of carbonyl (C=O) groups excluding carboxylic acids is 2. The third kappa shape index (κ3) is 3.74. The zero-order valence-corrected chi connectivity index (χ0v) is 14.5. The second-order valence-electron chi connectivity index (χ2n) is 6.08. The molecule has 0 spiro atoms. The molecule has 0 bridgehead atoms. The van der Waals surface area contributed by atoms with Gasteiger partial charge in [-0.1, -0.05) is 18.2 Å². The molecule has 3 rings (SSSR count). The minimum absolute atomic E-state index is 0.0830. The minimum atomic E-state index is -0.486. The molecule has 26 heavy (non-hydrogen) atoms. The van der Waals surface area contributed by atoms with Crippen LogP contribution in [0.3, 0.4) is 0 Å². The molecule has 2 aromatic rings. The van der Waals surface area contributed by atoms with Crippen molar-refractivity contribution < 1.29 is 18.7 Å². The fourth-order valence-corrected chi connectivity index (χ4v) is 2.88. The van der Waals surface area contributed by atoms with Crippen LogP contribution in [-0.4, -0.2) is 23.8 Å². The van der Waals surface area contributed by atoms with E-state index < -0.39 is 6.04 Å². The molecule has 6 heteroatoms. The van der Waals surface area contributed by atoms with Gasteiger partial charge in [0.25, 0.3) is 0 Å². The maximum atomic E-state index is 13.2. The van der Waals surface area contributed by atoms with Gasteiger partial charge < -0.3 is 10.1 Å². The lowest BCUT2D eigenvalue weighted by Gasteiger charge is -2.31. The van der Waals surface area contributed by atoms with E-state index in [0.29, 0.717) is 17.0 Å². The number of carbonyl (C=O) groups is 2. The van der Waals surface area contributed by atoms with E-state index in [1.165, 1.54) is 29.3 Å². The highest BCUT2D eigenvalue weighted by atomic mass is 19.1. The van der Waals surface area contributed by atoms with Gasteiger partial charge in [0.1, 0.15) is 11.6 Å². The molecule has 1 aliphatic rings. The molecule has 0 aromatic heterocycles. The number of allylic oxidation sites excluding steroid dienone is 1. The van der Waals surface area contributed by atoms with Crippen LogP contribution in [0.15, 0.2) is 54.7 Å². The maximum Gasteiger partial charge on any atom is 0.326 e. The van der Waals surface area contributed by atoms with Crippen molar-refractivity contribution in [3.63, 3.8) is 0 Å². The summed E-state index contributed by atoms with van der Waals surface area (Å²) in [6.07, 6.45) is 2.97. The van der Waals surface area contributed by atoms with Crippen molar-refractivity contribution in [3.8, 4) is 5.75 Å². The number of methoxy groups -OCH3 is 1. The summed E-state index contributed by atoms with van der Waals surface area (Å²) in [5, 5.41) is 2.81. The van der Waals surface area contributed by atoms with Gasteiger partial charge in [-0.25, -0.2) is 9.18 Å². The highest BCUT2D eigenvalue weighted by Gasteiger charge is 2.28. The van der Waals surface area contributed by atoms with Crippen LogP contribution in [0.4, 0.5) is 14.9 Å². The normalized spacial score (nSPS) is 16.5. The first-order valence-corrected chi connectivity index (χ1v) is 8.18. The topological polar surface area (TPSA) is 58.6 Å². The van der Waals surface area contributed by atoms with Crippen LogP contribution in [0, 0.1) is 12.7 Å². The number of anilines is 1. The first-order valence-electron chi connectivity index (χ1n) is 8.18. The summed E-state index contributed by atoms with van der Waals surface area (Å²) in [4.78, 5) is 26.0. The molecule has 1 unspecified atom stereocenters. The average molecular weight is 354 g/mol. The van der Waals surface area contributed by atoms with Gasteiger partial charge in [-0.05, 0) is 42.3 Å². The fraction of sp³-hybridized carbons (Fsp3) is 0.200.